The topological polar surface area (TPSA) is 52.8 Å². The molecule has 1 aromatic heterocycles. The Morgan fingerprint density at radius 1 is 0.625 bits per heavy atom. The second-order valence-electron chi connectivity index (χ2n) is 7.42. The lowest BCUT2D eigenvalue weighted by molar-refractivity contribution is 0.413. The van der Waals surface area contributed by atoms with Gasteiger partial charge in [0.15, 0.2) is 5.82 Å². The summed E-state index contributed by atoms with van der Waals surface area (Å²) in [6, 6.07) is 38.8. The summed E-state index contributed by atoms with van der Waals surface area (Å²) in [4.78, 5) is 0. The normalized spacial score (nSPS) is 11.3. The number of rotatable bonds is 6. The minimum absolute atomic E-state index is 0.624. The summed E-state index contributed by atoms with van der Waals surface area (Å²) in [7, 11) is 1.66. The van der Waals surface area contributed by atoms with Gasteiger partial charge in [0.2, 0.25) is 0 Å². The zero-order chi connectivity index (χ0) is 21.8. The number of aromatic nitrogens is 4. The Balaban J connectivity index is 1.91. The summed E-state index contributed by atoms with van der Waals surface area (Å²) in [5.41, 5.74) is 3.21. The molecule has 5 heteroatoms. The molecule has 1 heterocycles. The van der Waals surface area contributed by atoms with Crippen LogP contribution in [-0.4, -0.2) is 27.3 Å². The number of hydrogen-bond donors (Lipinski definition) is 0. The van der Waals surface area contributed by atoms with E-state index in [-0.39, 0.29) is 0 Å². The van der Waals surface area contributed by atoms with Gasteiger partial charge < -0.3 is 4.74 Å². The second kappa shape index (κ2) is 8.47. The number of para-hydroxylation sites is 1. The van der Waals surface area contributed by atoms with Gasteiger partial charge in [-0.1, -0.05) is 103 Å². The Hall–Kier alpha value is -4.25. The van der Waals surface area contributed by atoms with Crippen LogP contribution in [0.3, 0.4) is 0 Å². The van der Waals surface area contributed by atoms with Gasteiger partial charge in [-0.3, -0.25) is 0 Å². The molecule has 5 aromatic rings. The highest BCUT2D eigenvalue weighted by molar-refractivity contribution is 5.65. The molecular weight excluding hydrogens is 396 g/mol. The third kappa shape index (κ3) is 3.15. The summed E-state index contributed by atoms with van der Waals surface area (Å²) in [5.74, 6) is 1.34. The molecule has 0 N–H and O–H groups in total. The van der Waals surface area contributed by atoms with Gasteiger partial charge in [-0.15, -0.1) is 5.10 Å². The Labute approximate surface area is 186 Å². The van der Waals surface area contributed by atoms with E-state index >= 15 is 0 Å². The van der Waals surface area contributed by atoms with Crippen LogP contribution < -0.4 is 4.74 Å². The maximum Gasteiger partial charge on any atom is 0.187 e. The fourth-order valence-electron chi connectivity index (χ4n) is 4.32. The van der Waals surface area contributed by atoms with Gasteiger partial charge in [-0.25, -0.2) is 4.68 Å². The zero-order valence-electron chi connectivity index (χ0n) is 17.7. The number of methoxy groups -OCH3 is 1. The zero-order valence-corrected chi connectivity index (χ0v) is 17.7. The van der Waals surface area contributed by atoms with Crippen LogP contribution in [0.1, 0.15) is 16.7 Å². The van der Waals surface area contributed by atoms with Crippen molar-refractivity contribution in [2.45, 2.75) is 5.54 Å². The van der Waals surface area contributed by atoms with Crippen LogP contribution in [0.25, 0.3) is 11.4 Å². The van der Waals surface area contributed by atoms with Crippen LogP contribution in [0.5, 0.6) is 5.75 Å². The molecule has 156 valence electrons. The average Bonchev–Trinajstić information content (AvgIpc) is 3.36. The number of hydrogen-bond acceptors (Lipinski definition) is 4. The molecule has 0 saturated carbocycles. The van der Waals surface area contributed by atoms with Gasteiger partial charge in [-0.2, -0.15) is 0 Å². The van der Waals surface area contributed by atoms with Crippen molar-refractivity contribution in [2.24, 2.45) is 0 Å². The number of nitrogens with zero attached hydrogens (tertiary/aromatic N) is 4. The van der Waals surface area contributed by atoms with E-state index in [0.717, 1.165) is 22.3 Å². The lowest BCUT2D eigenvalue weighted by Gasteiger charge is -2.36. The highest BCUT2D eigenvalue weighted by Crippen LogP contribution is 2.43. The van der Waals surface area contributed by atoms with Crippen LogP contribution >= 0.6 is 0 Å². The minimum Gasteiger partial charge on any atom is -0.496 e. The van der Waals surface area contributed by atoms with E-state index in [1.807, 2.05) is 83.5 Å². The molecular formula is C27H22N4O. The van der Waals surface area contributed by atoms with Gasteiger partial charge in [0.1, 0.15) is 11.3 Å². The Morgan fingerprint density at radius 3 is 1.59 bits per heavy atom. The lowest BCUT2D eigenvalue weighted by Crippen LogP contribution is -2.39. The molecule has 0 fully saturated rings. The first-order chi connectivity index (χ1) is 15.9. The standard InChI is InChI=1S/C27H22N4O/c1-32-25-20-12-11-19-24(25)26-28-29-30-31(26)27(21-13-5-2-6-14-21,22-15-7-3-8-16-22)23-17-9-4-10-18-23/h2-20H,1H3. The predicted octanol–water partition coefficient (Wildman–Crippen LogP) is 5.19. The molecule has 5 rings (SSSR count). The van der Waals surface area contributed by atoms with Crippen molar-refractivity contribution in [2.75, 3.05) is 7.11 Å². The van der Waals surface area contributed by atoms with E-state index in [4.69, 9.17) is 4.74 Å². The van der Waals surface area contributed by atoms with E-state index in [9.17, 15) is 0 Å². The van der Waals surface area contributed by atoms with Crippen molar-refractivity contribution in [3.63, 3.8) is 0 Å². The van der Waals surface area contributed by atoms with E-state index in [1.165, 1.54) is 0 Å². The molecule has 0 aliphatic heterocycles. The molecule has 32 heavy (non-hydrogen) atoms. The second-order valence-corrected chi connectivity index (χ2v) is 7.42. The number of benzene rings is 4. The summed E-state index contributed by atoms with van der Waals surface area (Å²) < 4.78 is 7.55. The maximum absolute atomic E-state index is 5.65. The summed E-state index contributed by atoms with van der Waals surface area (Å²) >= 11 is 0. The van der Waals surface area contributed by atoms with Crippen LogP contribution in [0, 0.1) is 0 Å². The smallest absolute Gasteiger partial charge is 0.187 e. The van der Waals surface area contributed by atoms with Crippen LogP contribution in [-0.2, 0) is 5.54 Å². The number of tetrazole rings is 1. The highest BCUT2D eigenvalue weighted by atomic mass is 16.5. The van der Waals surface area contributed by atoms with E-state index in [0.29, 0.717) is 11.6 Å². The first-order valence-corrected chi connectivity index (χ1v) is 10.4. The SMILES string of the molecule is COc1ccccc1-c1nnnn1C(c1ccccc1)(c1ccccc1)c1ccccc1. The van der Waals surface area contributed by atoms with E-state index < -0.39 is 5.54 Å². The molecule has 4 aromatic carbocycles. The van der Waals surface area contributed by atoms with Crippen molar-refractivity contribution in [3.8, 4) is 17.1 Å². The Kier molecular flexibility index (Phi) is 5.22. The molecule has 5 nitrogen and oxygen atoms in total. The van der Waals surface area contributed by atoms with Gasteiger partial charge in [-0.05, 0) is 39.2 Å². The Bertz CT molecular complexity index is 1200. The van der Waals surface area contributed by atoms with Gasteiger partial charge in [0.25, 0.3) is 0 Å². The molecule has 0 atom stereocenters. The van der Waals surface area contributed by atoms with Crippen molar-refractivity contribution in [1.29, 1.82) is 0 Å². The van der Waals surface area contributed by atoms with E-state index in [1.54, 1.807) is 7.11 Å². The van der Waals surface area contributed by atoms with Crippen LogP contribution in [0.4, 0.5) is 0 Å². The fourth-order valence-corrected chi connectivity index (χ4v) is 4.32. The van der Waals surface area contributed by atoms with Crippen molar-refractivity contribution in [1.82, 2.24) is 20.2 Å². The monoisotopic (exact) mass is 418 g/mol. The quantitative estimate of drug-likeness (QED) is 0.356. The molecule has 0 aliphatic rings. The average molecular weight is 419 g/mol. The van der Waals surface area contributed by atoms with Crippen molar-refractivity contribution in [3.05, 3.63) is 132 Å². The summed E-state index contributed by atoms with van der Waals surface area (Å²) in [5, 5.41) is 13.2. The van der Waals surface area contributed by atoms with Gasteiger partial charge in [0.05, 0.1) is 12.7 Å². The highest BCUT2D eigenvalue weighted by Gasteiger charge is 2.42. The summed E-state index contributed by atoms with van der Waals surface area (Å²) in [6.45, 7) is 0. The Morgan fingerprint density at radius 2 is 1.09 bits per heavy atom. The first-order valence-electron chi connectivity index (χ1n) is 10.4. The molecule has 0 aliphatic carbocycles. The predicted molar refractivity (Wildman–Crippen MR) is 124 cm³/mol. The first kappa shape index (κ1) is 19.7. The van der Waals surface area contributed by atoms with Crippen molar-refractivity contribution >= 4 is 0 Å². The van der Waals surface area contributed by atoms with Crippen LogP contribution in [0.15, 0.2) is 115 Å². The largest absolute Gasteiger partial charge is 0.496 e. The third-order valence-corrected chi connectivity index (χ3v) is 5.71. The molecule has 0 saturated heterocycles. The fraction of sp³-hybridized carbons (Fsp3) is 0.0741. The van der Waals surface area contributed by atoms with E-state index in [2.05, 4.69) is 51.9 Å². The van der Waals surface area contributed by atoms with Crippen molar-refractivity contribution < 1.29 is 4.74 Å². The lowest BCUT2D eigenvalue weighted by atomic mass is 9.77. The van der Waals surface area contributed by atoms with Gasteiger partial charge in [0, 0.05) is 0 Å². The third-order valence-electron chi connectivity index (χ3n) is 5.71. The molecule has 0 amide bonds. The number of ether oxygens (including phenoxy) is 1. The molecule has 0 radical (unpaired) electrons. The molecule has 0 bridgehead atoms. The summed E-state index contributed by atoms with van der Waals surface area (Å²) in [6.07, 6.45) is 0. The molecule has 0 spiro atoms. The molecule has 0 unspecified atom stereocenters. The maximum atomic E-state index is 5.65. The van der Waals surface area contributed by atoms with Crippen LogP contribution in [0.2, 0.25) is 0 Å². The minimum atomic E-state index is -0.788. The van der Waals surface area contributed by atoms with Gasteiger partial charge >= 0.3 is 0 Å².